The Balaban J connectivity index is 1.38. The van der Waals surface area contributed by atoms with Gasteiger partial charge in [-0.3, -0.25) is 5.10 Å². The third-order valence-corrected chi connectivity index (χ3v) is 4.72. The Kier molecular flexibility index (Phi) is 4.38. The van der Waals surface area contributed by atoms with Crippen LogP contribution >= 0.6 is 0 Å². The zero-order chi connectivity index (χ0) is 16.2. The van der Waals surface area contributed by atoms with Gasteiger partial charge in [-0.2, -0.15) is 5.10 Å². The third-order valence-electron chi connectivity index (χ3n) is 4.72. The summed E-state index contributed by atoms with van der Waals surface area (Å²) in [6.07, 6.45) is 10.9. The SMILES string of the molecule is c1cn(CCC2CCOC(c3ccc(-c4ncn[nH]4)cc3)C2)cn1. The minimum atomic E-state index is 0.190. The van der Waals surface area contributed by atoms with Crippen LogP contribution in [-0.4, -0.2) is 31.3 Å². The lowest BCUT2D eigenvalue weighted by atomic mass is 9.89. The summed E-state index contributed by atoms with van der Waals surface area (Å²) in [7, 11) is 0. The van der Waals surface area contributed by atoms with Gasteiger partial charge < -0.3 is 9.30 Å². The summed E-state index contributed by atoms with van der Waals surface area (Å²) in [6, 6.07) is 8.43. The molecular formula is C18H21N5O. The first-order valence-electron chi connectivity index (χ1n) is 8.41. The predicted octanol–water partition coefficient (Wildman–Crippen LogP) is 3.23. The van der Waals surface area contributed by atoms with Gasteiger partial charge in [0.05, 0.1) is 12.4 Å². The van der Waals surface area contributed by atoms with Crippen LogP contribution in [0, 0.1) is 5.92 Å². The summed E-state index contributed by atoms with van der Waals surface area (Å²) < 4.78 is 8.16. The van der Waals surface area contributed by atoms with Crippen molar-refractivity contribution < 1.29 is 4.74 Å². The summed E-state index contributed by atoms with van der Waals surface area (Å²) in [4.78, 5) is 8.29. The molecule has 1 fully saturated rings. The predicted molar refractivity (Wildman–Crippen MR) is 90.1 cm³/mol. The van der Waals surface area contributed by atoms with E-state index in [0.717, 1.165) is 37.4 Å². The van der Waals surface area contributed by atoms with Crippen LogP contribution in [0.5, 0.6) is 0 Å². The molecular weight excluding hydrogens is 302 g/mol. The Morgan fingerprint density at radius 1 is 1.25 bits per heavy atom. The van der Waals surface area contributed by atoms with Gasteiger partial charge in [0.2, 0.25) is 0 Å². The molecule has 2 aromatic heterocycles. The molecule has 124 valence electrons. The number of aromatic nitrogens is 5. The van der Waals surface area contributed by atoms with Crippen LogP contribution in [0.4, 0.5) is 0 Å². The number of imidazole rings is 1. The molecule has 0 saturated carbocycles. The lowest BCUT2D eigenvalue weighted by molar-refractivity contribution is -0.0128. The molecule has 0 bridgehead atoms. The van der Waals surface area contributed by atoms with E-state index < -0.39 is 0 Å². The Labute approximate surface area is 140 Å². The van der Waals surface area contributed by atoms with E-state index >= 15 is 0 Å². The van der Waals surface area contributed by atoms with E-state index in [1.807, 2.05) is 18.7 Å². The fourth-order valence-corrected chi connectivity index (χ4v) is 3.31. The molecule has 2 atom stereocenters. The minimum Gasteiger partial charge on any atom is -0.374 e. The summed E-state index contributed by atoms with van der Waals surface area (Å²) in [5.74, 6) is 1.49. The summed E-state index contributed by atoms with van der Waals surface area (Å²) in [5.41, 5.74) is 2.29. The van der Waals surface area contributed by atoms with Gasteiger partial charge in [0.15, 0.2) is 5.82 Å². The van der Waals surface area contributed by atoms with Gasteiger partial charge in [0.1, 0.15) is 6.33 Å². The number of hydrogen-bond donors (Lipinski definition) is 1. The van der Waals surface area contributed by atoms with Crippen molar-refractivity contribution in [2.75, 3.05) is 6.61 Å². The number of nitrogens with one attached hydrogen (secondary N) is 1. The quantitative estimate of drug-likeness (QED) is 0.783. The third kappa shape index (κ3) is 3.38. The molecule has 0 amide bonds. The van der Waals surface area contributed by atoms with Crippen molar-refractivity contribution in [1.82, 2.24) is 24.7 Å². The first kappa shape index (κ1) is 15.1. The fourth-order valence-electron chi connectivity index (χ4n) is 3.31. The Morgan fingerprint density at radius 2 is 2.17 bits per heavy atom. The molecule has 3 heterocycles. The lowest BCUT2D eigenvalue weighted by Gasteiger charge is -2.30. The minimum absolute atomic E-state index is 0.190. The van der Waals surface area contributed by atoms with E-state index in [4.69, 9.17) is 4.74 Å². The van der Waals surface area contributed by atoms with Crippen LogP contribution in [0.2, 0.25) is 0 Å². The van der Waals surface area contributed by atoms with Crippen LogP contribution in [0.3, 0.4) is 0 Å². The summed E-state index contributed by atoms with van der Waals surface area (Å²) >= 11 is 0. The van der Waals surface area contributed by atoms with Gasteiger partial charge in [-0.25, -0.2) is 9.97 Å². The molecule has 6 heteroatoms. The number of H-pyrrole nitrogens is 1. The molecule has 0 spiro atoms. The second kappa shape index (κ2) is 6.97. The van der Waals surface area contributed by atoms with E-state index in [-0.39, 0.29) is 6.10 Å². The van der Waals surface area contributed by atoms with Crippen molar-refractivity contribution in [3.05, 3.63) is 54.9 Å². The number of ether oxygens (including phenoxy) is 1. The molecule has 3 aromatic rings. The number of aryl methyl sites for hydroxylation is 1. The molecule has 24 heavy (non-hydrogen) atoms. The van der Waals surface area contributed by atoms with Crippen LogP contribution in [0.1, 0.15) is 30.9 Å². The van der Waals surface area contributed by atoms with Gasteiger partial charge in [0.25, 0.3) is 0 Å². The highest BCUT2D eigenvalue weighted by Gasteiger charge is 2.23. The molecule has 4 rings (SSSR count). The van der Waals surface area contributed by atoms with Crippen molar-refractivity contribution in [2.24, 2.45) is 5.92 Å². The highest BCUT2D eigenvalue weighted by molar-refractivity contribution is 5.54. The molecule has 1 N–H and O–H groups in total. The van der Waals surface area contributed by atoms with E-state index in [1.54, 1.807) is 0 Å². The molecule has 1 aliphatic rings. The van der Waals surface area contributed by atoms with E-state index in [0.29, 0.717) is 5.92 Å². The maximum absolute atomic E-state index is 6.01. The van der Waals surface area contributed by atoms with Crippen molar-refractivity contribution >= 4 is 0 Å². The van der Waals surface area contributed by atoms with Crippen LogP contribution in [0.15, 0.2) is 49.3 Å². The van der Waals surface area contributed by atoms with Crippen molar-refractivity contribution in [1.29, 1.82) is 0 Å². The Morgan fingerprint density at radius 3 is 2.92 bits per heavy atom. The highest BCUT2D eigenvalue weighted by Crippen LogP contribution is 2.34. The van der Waals surface area contributed by atoms with Gasteiger partial charge in [-0.05, 0) is 30.7 Å². The molecule has 1 saturated heterocycles. The van der Waals surface area contributed by atoms with Gasteiger partial charge >= 0.3 is 0 Å². The summed E-state index contributed by atoms with van der Waals surface area (Å²) in [5, 5.41) is 6.78. The molecule has 6 nitrogen and oxygen atoms in total. The second-order valence-corrected chi connectivity index (χ2v) is 6.30. The number of nitrogens with zero attached hydrogens (tertiary/aromatic N) is 4. The van der Waals surface area contributed by atoms with E-state index in [2.05, 4.69) is 49.0 Å². The zero-order valence-corrected chi connectivity index (χ0v) is 13.5. The topological polar surface area (TPSA) is 68.6 Å². The maximum atomic E-state index is 6.01. The number of hydrogen-bond acceptors (Lipinski definition) is 4. The van der Waals surface area contributed by atoms with Crippen LogP contribution in [-0.2, 0) is 11.3 Å². The molecule has 1 aromatic carbocycles. The fraction of sp³-hybridized carbons (Fsp3) is 0.389. The average molecular weight is 323 g/mol. The average Bonchev–Trinajstić information content (AvgIpc) is 3.34. The van der Waals surface area contributed by atoms with Crippen molar-refractivity contribution in [3.8, 4) is 11.4 Å². The summed E-state index contributed by atoms with van der Waals surface area (Å²) in [6.45, 7) is 1.87. The zero-order valence-electron chi connectivity index (χ0n) is 13.5. The number of rotatable bonds is 5. The molecule has 2 unspecified atom stereocenters. The van der Waals surface area contributed by atoms with Gasteiger partial charge in [0, 0.05) is 31.1 Å². The normalized spacial score (nSPS) is 21.0. The van der Waals surface area contributed by atoms with Crippen LogP contribution in [0.25, 0.3) is 11.4 Å². The first-order valence-corrected chi connectivity index (χ1v) is 8.41. The Bertz CT molecular complexity index is 736. The van der Waals surface area contributed by atoms with Crippen molar-refractivity contribution in [3.63, 3.8) is 0 Å². The number of aromatic amines is 1. The van der Waals surface area contributed by atoms with Crippen LogP contribution < -0.4 is 0 Å². The smallest absolute Gasteiger partial charge is 0.155 e. The molecule has 1 aliphatic heterocycles. The van der Waals surface area contributed by atoms with Gasteiger partial charge in [-0.15, -0.1) is 0 Å². The number of benzene rings is 1. The Hall–Kier alpha value is -2.47. The van der Waals surface area contributed by atoms with Gasteiger partial charge in [-0.1, -0.05) is 24.3 Å². The lowest BCUT2D eigenvalue weighted by Crippen LogP contribution is -2.21. The monoisotopic (exact) mass is 323 g/mol. The van der Waals surface area contributed by atoms with E-state index in [1.165, 1.54) is 18.3 Å². The highest BCUT2D eigenvalue weighted by atomic mass is 16.5. The van der Waals surface area contributed by atoms with E-state index in [9.17, 15) is 0 Å². The molecule has 0 aliphatic carbocycles. The standard InChI is InChI=1S/C18H21N5O/c1-3-16(18-20-12-21-22-18)4-2-15(1)17-11-14(6-10-24-17)5-8-23-9-7-19-13-23/h1-4,7,9,12-14,17H,5-6,8,10-11H2,(H,20,21,22). The largest absolute Gasteiger partial charge is 0.374 e. The van der Waals surface area contributed by atoms with Crippen molar-refractivity contribution in [2.45, 2.75) is 31.9 Å². The second-order valence-electron chi connectivity index (χ2n) is 6.30. The molecule has 0 radical (unpaired) electrons. The first-order chi connectivity index (χ1) is 11.9. The maximum Gasteiger partial charge on any atom is 0.155 e.